The number of thiocarbonyl (C=S) groups is 1. The second-order valence-electron chi connectivity index (χ2n) is 5.18. The molecule has 2 aromatic carbocycles. The average molecular weight is 365 g/mol. The van der Waals surface area contributed by atoms with Crippen LogP contribution in [0.3, 0.4) is 0 Å². The SMILES string of the molecule is CCC(NC(=S)Nc1cccc(Cl)c1)c1ccc(OC)c(OC)c1. The molecular weight excluding hydrogens is 344 g/mol. The second kappa shape index (κ2) is 8.76. The van der Waals surface area contributed by atoms with Gasteiger partial charge in [-0.15, -0.1) is 0 Å². The van der Waals surface area contributed by atoms with Crippen molar-refractivity contribution < 1.29 is 9.47 Å². The van der Waals surface area contributed by atoms with Gasteiger partial charge >= 0.3 is 0 Å². The number of anilines is 1. The smallest absolute Gasteiger partial charge is 0.171 e. The van der Waals surface area contributed by atoms with Crippen molar-refractivity contribution in [3.63, 3.8) is 0 Å². The van der Waals surface area contributed by atoms with E-state index in [0.717, 1.165) is 17.7 Å². The first kappa shape index (κ1) is 18.4. The first-order valence-corrected chi connectivity index (χ1v) is 8.41. The number of benzene rings is 2. The lowest BCUT2D eigenvalue weighted by Gasteiger charge is -2.21. The molecule has 2 aromatic rings. The summed E-state index contributed by atoms with van der Waals surface area (Å²) in [5.41, 5.74) is 1.92. The summed E-state index contributed by atoms with van der Waals surface area (Å²) < 4.78 is 10.6. The van der Waals surface area contributed by atoms with Crippen LogP contribution in [0.5, 0.6) is 11.5 Å². The van der Waals surface area contributed by atoms with Crippen LogP contribution in [-0.4, -0.2) is 19.3 Å². The molecular formula is C18H21ClN2O2S. The van der Waals surface area contributed by atoms with Gasteiger partial charge in [0.25, 0.3) is 0 Å². The molecule has 0 amide bonds. The summed E-state index contributed by atoms with van der Waals surface area (Å²) in [5, 5.41) is 7.67. The summed E-state index contributed by atoms with van der Waals surface area (Å²) in [6.07, 6.45) is 0.868. The molecule has 0 spiro atoms. The molecule has 128 valence electrons. The minimum Gasteiger partial charge on any atom is -0.493 e. The van der Waals surface area contributed by atoms with Gasteiger partial charge in [-0.25, -0.2) is 0 Å². The highest BCUT2D eigenvalue weighted by Crippen LogP contribution is 2.30. The van der Waals surface area contributed by atoms with E-state index < -0.39 is 0 Å². The van der Waals surface area contributed by atoms with Crippen molar-refractivity contribution in [1.29, 1.82) is 0 Å². The quantitative estimate of drug-likeness (QED) is 0.721. The van der Waals surface area contributed by atoms with E-state index >= 15 is 0 Å². The molecule has 0 saturated heterocycles. The first-order valence-electron chi connectivity index (χ1n) is 7.62. The topological polar surface area (TPSA) is 42.5 Å². The van der Waals surface area contributed by atoms with Crippen molar-refractivity contribution in [3.8, 4) is 11.5 Å². The largest absolute Gasteiger partial charge is 0.493 e. The van der Waals surface area contributed by atoms with Gasteiger partial charge < -0.3 is 20.1 Å². The molecule has 24 heavy (non-hydrogen) atoms. The monoisotopic (exact) mass is 364 g/mol. The Hall–Kier alpha value is -1.98. The number of halogens is 1. The van der Waals surface area contributed by atoms with Crippen molar-refractivity contribution in [3.05, 3.63) is 53.1 Å². The lowest BCUT2D eigenvalue weighted by atomic mass is 10.0. The molecule has 2 N–H and O–H groups in total. The molecule has 4 nitrogen and oxygen atoms in total. The van der Waals surface area contributed by atoms with Gasteiger partial charge in [-0.2, -0.15) is 0 Å². The minimum absolute atomic E-state index is 0.0593. The third-order valence-electron chi connectivity index (χ3n) is 3.61. The highest BCUT2D eigenvalue weighted by Gasteiger charge is 2.14. The average Bonchev–Trinajstić information content (AvgIpc) is 2.59. The molecule has 0 saturated carbocycles. The van der Waals surface area contributed by atoms with E-state index in [-0.39, 0.29) is 6.04 Å². The van der Waals surface area contributed by atoms with Gasteiger partial charge in [0.1, 0.15) is 0 Å². The number of nitrogens with one attached hydrogen (secondary N) is 2. The van der Waals surface area contributed by atoms with E-state index in [1.54, 1.807) is 14.2 Å². The molecule has 0 fully saturated rings. The van der Waals surface area contributed by atoms with Crippen LogP contribution < -0.4 is 20.1 Å². The fourth-order valence-electron chi connectivity index (χ4n) is 2.38. The third kappa shape index (κ3) is 4.76. The fraction of sp³-hybridized carbons (Fsp3) is 0.278. The number of rotatable bonds is 6. The summed E-state index contributed by atoms with van der Waals surface area (Å²) in [7, 11) is 3.25. The molecule has 0 heterocycles. The van der Waals surface area contributed by atoms with Crippen LogP contribution in [0.1, 0.15) is 24.9 Å². The van der Waals surface area contributed by atoms with Gasteiger partial charge in [-0.1, -0.05) is 30.7 Å². The Morgan fingerprint density at radius 2 is 1.88 bits per heavy atom. The predicted octanol–water partition coefficient (Wildman–Crippen LogP) is 4.79. The maximum atomic E-state index is 5.99. The summed E-state index contributed by atoms with van der Waals surface area (Å²) in [4.78, 5) is 0. The van der Waals surface area contributed by atoms with Crippen molar-refractivity contribution in [2.24, 2.45) is 0 Å². The maximum absolute atomic E-state index is 5.99. The van der Waals surface area contributed by atoms with Crippen LogP contribution in [0.25, 0.3) is 0 Å². The Morgan fingerprint density at radius 3 is 2.50 bits per heavy atom. The molecule has 0 aliphatic heterocycles. The Bertz CT molecular complexity index is 709. The zero-order chi connectivity index (χ0) is 17.5. The lowest BCUT2D eigenvalue weighted by Crippen LogP contribution is -2.32. The summed E-state index contributed by atoms with van der Waals surface area (Å²) in [5.74, 6) is 1.40. The highest BCUT2D eigenvalue weighted by molar-refractivity contribution is 7.80. The Labute approximate surface area is 153 Å². The van der Waals surface area contributed by atoms with Crippen molar-refractivity contribution in [2.75, 3.05) is 19.5 Å². The van der Waals surface area contributed by atoms with Gasteiger partial charge in [0, 0.05) is 10.7 Å². The zero-order valence-corrected chi connectivity index (χ0v) is 15.5. The Balaban J connectivity index is 2.09. The molecule has 2 rings (SSSR count). The Kier molecular flexibility index (Phi) is 6.70. The van der Waals surface area contributed by atoms with Gasteiger partial charge in [-0.05, 0) is 54.5 Å². The predicted molar refractivity (Wildman–Crippen MR) is 103 cm³/mol. The number of hydrogen-bond acceptors (Lipinski definition) is 3. The van der Waals surface area contributed by atoms with Gasteiger partial charge in [0.15, 0.2) is 16.6 Å². The molecule has 1 unspecified atom stereocenters. The van der Waals surface area contributed by atoms with Crippen molar-refractivity contribution in [1.82, 2.24) is 5.32 Å². The summed E-state index contributed by atoms with van der Waals surface area (Å²) >= 11 is 11.4. The summed E-state index contributed by atoms with van der Waals surface area (Å²) in [6.45, 7) is 2.09. The van der Waals surface area contributed by atoms with E-state index in [4.69, 9.17) is 33.3 Å². The van der Waals surface area contributed by atoms with E-state index in [9.17, 15) is 0 Å². The maximum Gasteiger partial charge on any atom is 0.171 e. The van der Waals surface area contributed by atoms with Gasteiger partial charge in [0.2, 0.25) is 0 Å². The van der Waals surface area contributed by atoms with Crippen LogP contribution in [0.4, 0.5) is 5.69 Å². The van der Waals surface area contributed by atoms with Crippen molar-refractivity contribution in [2.45, 2.75) is 19.4 Å². The molecule has 0 aromatic heterocycles. The van der Waals surface area contributed by atoms with E-state index in [0.29, 0.717) is 21.6 Å². The normalized spacial score (nSPS) is 11.5. The van der Waals surface area contributed by atoms with Gasteiger partial charge in [-0.3, -0.25) is 0 Å². The van der Waals surface area contributed by atoms with E-state index in [1.807, 2.05) is 42.5 Å². The molecule has 0 radical (unpaired) electrons. The van der Waals surface area contributed by atoms with E-state index in [2.05, 4.69) is 17.6 Å². The number of ether oxygens (including phenoxy) is 2. The van der Waals surface area contributed by atoms with Crippen LogP contribution >= 0.6 is 23.8 Å². The van der Waals surface area contributed by atoms with Gasteiger partial charge in [0.05, 0.1) is 20.3 Å². The number of hydrogen-bond donors (Lipinski definition) is 2. The minimum atomic E-state index is 0.0593. The van der Waals surface area contributed by atoms with E-state index in [1.165, 1.54) is 0 Å². The fourth-order valence-corrected chi connectivity index (χ4v) is 2.83. The van der Waals surface area contributed by atoms with Crippen LogP contribution in [0, 0.1) is 0 Å². The molecule has 0 bridgehead atoms. The standard InChI is InChI=1S/C18H21ClN2O2S/c1-4-15(12-8-9-16(22-2)17(10-12)23-3)21-18(24)20-14-7-5-6-13(19)11-14/h5-11,15H,4H2,1-3H3,(H2,20,21,24). The third-order valence-corrected chi connectivity index (χ3v) is 4.06. The van der Waals surface area contributed by atoms with Crippen LogP contribution in [0.2, 0.25) is 5.02 Å². The molecule has 0 aliphatic carbocycles. The lowest BCUT2D eigenvalue weighted by molar-refractivity contribution is 0.354. The highest BCUT2D eigenvalue weighted by atomic mass is 35.5. The van der Waals surface area contributed by atoms with Crippen LogP contribution in [0.15, 0.2) is 42.5 Å². The Morgan fingerprint density at radius 1 is 1.12 bits per heavy atom. The first-order chi connectivity index (χ1) is 11.6. The zero-order valence-electron chi connectivity index (χ0n) is 13.9. The molecule has 0 aliphatic rings. The van der Waals surface area contributed by atoms with Crippen molar-refractivity contribution >= 4 is 34.6 Å². The molecule has 6 heteroatoms. The van der Waals surface area contributed by atoms with Crippen LogP contribution in [-0.2, 0) is 0 Å². The molecule has 1 atom stereocenters. The summed E-state index contributed by atoms with van der Waals surface area (Å²) in [6, 6.07) is 13.4. The number of methoxy groups -OCH3 is 2. The second-order valence-corrected chi connectivity index (χ2v) is 6.03.